The maximum Gasteiger partial charge on any atom is 0.345 e. The largest absolute Gasteiger partial charge is 0.345 e. The average Bonchev–Trinajstić information content (AvgIpc) is 2.73. The van der Waals surface area contributed by atoms with Gasteiger partial charge in [-0.3, -0.25) is 0 Å². The predicted molar refractivity (Wildman–Crippen MR) is 110 cm³/mol. The lowest BCUT2D eigenvalue weighted by Crippen LogP contribution is -2.12. The van der Waals surface area contributed by atoms with Crippen LogP contribution in [0, 0.1) is 0 Å². The van der Waals surface area contributed by atoms with E-state index in [4.69, 9.17) is 0 Å². The predicted octanol–water partition coefficient (Wildman–Crippen LogP) is 5.03. The van der Waals surface area contributed by atoms with Gasteiger partial charge in [-0.25, -0.2) is 4.79 Å². The molecule has 130 valence electrons. The van der Waals surface area contributed by atoms with Crippen LogP contribution in [-0.4, -0.2) is 9.97 Å². The topological polar surface area (TPSA) is 45.8 Å². The maximum absolute atomic E-state index is 12.1. The monoisotopic (exact) mass is 350 g/mol. The van der Waals surface area contributed by atoms with Crippen LogP contribution in [0.3, 0.4) is 0 Å². The van der Waals surface area contributed by atoms with Crippen LogP contribution in [0.15, 0.2) is 102 Å². The summed E-state index contributed by atoms with van der Waals surface area (Å²) in [4.78, 5) is 19.1. The van der Waals surface area contributed by atoms with Crippen LogP contribution in [0.1, 0.15) is 16.8 Å². The fraction of sp³-hybridized carbons (Fsp3) is 0. The van der Waals surface area contributed by atoms with Gasteiger partial charge in [0.05, 0.1) is 5.69 Å². The molecule has 0 aliphatic carbocycles. The molecule has 0 atom stereocenters. The highest BCUT2D eigenvalue weighted by Crippen LogP contribution is 2.26. The molecular formula is C24H18N2O. The van der Waals surface area contributed by atoms with Gasteiger partial charge >= 0.3 is 5.69 Å². The van der Waals surface area contributed by atoms with Crippen molar-refractivity contribution in [3.8, 4) is 11.3 Å². The summed E-state index contributed by atoms with van der Waals surface area (Å²) in [7, 11) is 0. The molecule has 0 fully saturated rings. The number of H-pyrrole nitrogens is 1. The molecule has 0 amide bonds. The van der Waals surface area contributed by atoms with Crippen LogP contribution < -0.4 is 5.69 Å². The molecule has 0 radical (unpaired) electrons. The van der Waals surface area contributed by atoms with E-state index >= 15 is 0 Å². The molecule has 0 aliphatic heterocycles. The molecule has 0 aliphatic rings. The highest BCUT2D eigenvalue weighted by Gasteiger charge is 2.07. The zero-order chi connectivity index (χ0) is 18.5. The molecule has 1 aromatic heterocycles. The molecule has 0 bridgehead atoms. The van der Waals surface area contributed by atoms with Crippen molar-refractivity contribution in [3.05, 3.63) is 124 Å². The van der Waals surface area contributed by atoms with Gasteiger partial charge in [0, 0.05) is 11.3 Å². The second-order valence-electron chi connectivity index (χ2n) is 6.18. The molecular weight excluding hydrogens is 332 g/mol. The van der Waals surface area contributed by atoms with Crippen molar-refractivity contribution in [1.82, 2.24) is 9.97 Å². The standard InChI is InChI=1S/C24H18N2O/c27-24-25-21(17-23(26-24)20-14-8-3-9-15-20)16-22(18-10-4-1-5-11-18)19-12-6-2-7-13-19/h1-17H,(H,25,26,27). The van der Waals surface area contributed by atoms with Gasteiger partial charge in [0.2, 0.25) is 0 Å². The van der Waals surface area contributed by atoms with Crippen LogP contribution in [0.4, 0.5) is 0 Å². The van der Waals surface area contributed by atoms with Crippen LogP contribution in [0.2, 0.25) is 0 Å². The van der Waals surface area contributed by atoms with E-state index in [2.05, 4.69) is 34.2 Å². The zero-order valence-electron chi connectivity index (χ0n) is 14.7. The van der Waals surface area contributed by atoms with Crippen molar-refractivity contribution in [2.45, 2.75) is 0 Å². The summed E-state index contributed by atoms with van der Waals surface area (Å²) in [6, 6.07) is 31.9. The summed E-state index contributed by atoms with van der Waals surface area (Å²) in [5, 5.41) is 0. The second kappa shape index (κ2) is 7.67. The number of nitrogens with zero attached hydrogens (tertiary/aromatic N) is 1. The number of aromatic nitrogens is 2. The molecule has 1 heterocycles. The Morgan fingerprint density at radius 3 is 1.81 bits per heavy atom. The van der Waals surface area contributed by atoms with Crippen LogP contribution in [0.25, 0.3) is 22.9 Å². The van der Waals surface area contributed by atoms with Gasteiger partial charge in [0.15, 0.2) is 0 Å². The van der Waals surface area contributed by atoms with Crippen LogP contribution in [0.5, 0.6) is 0 Å². The van der Waals surface area contributed by atoms with E-state index in [1.807, 2.05) is 78.9 Å². The Morgan fingerprint density at radius 2 is 1.26 bits per heavy atom. The first-order chi connectivity index (χ1) is 13.3. The van der Waals surface area contributed by atoms with Crippen molar-refractivity contribution in [3.63, 3.8) is 0 Å². The molecule has 0 saturated carbocycles. The van der Waals surface area contributed by atoms with E-state index in [-0.39, 0.29) is 5.69 Å². The molecule has 1 N–H and O–H groups in total. The molecule has 3 aromatic carbocycles. The molecule has 3 nitrogen and oxygen atoms in total. The molecule has 0 saturated heterocycles. The van der Waals surface area contributed by atoms with E-state index in [1.54, 1.807) is 0 Å². The van der Waals surface area contributed by atoms with Gasteiger partial charge in [0.25, 0.3) is 0 Å². The minimum atomic E-state index is -0.358. The van der Waals surface area contributed by atoms with Gasteiger partial charge in [-0.2, -0.15) is 4.98 Å². The van der Waals surface area contributed by atoms with Gasteiger partial charge in [0.1, 0.15) is 0 Å². The molecule has 0 unspecified atom stereocenters. The SMILES string of the molecule is O=c1nc(-c2ccccc2)cc(C=C(c2ccccc2)c2ccccc2)[nH]1. The number of rotatable bonds is 4. The highest BCUT2D eigenvalue weighted by atomic mass is 16.1. The molecule has 27 heavy (non-hydrogen) atoms. The number of hydrogen-bond donors (Lipinski definition) is 1. The number of nitrogens with one attached hydrogen (secondary N) is 1. The minimum absolute atomic E-state index is 0.358. The summed E-state index contributed by atoms with van der Waals surface area (Å²) >= 11 is 0. The molecule has 4 aromatic rings. The van der Waals surface area contributed by atoms with Gasteiger partial charge in [-0.1, -0.05) is 91.0 Å². The Balaban J connectivity index is 1.86. The summed E-state index contributed by atoms with van der Waals surface area (Å²) in [5.41, 5.74) is 5.15. The fourth-order valence-electron chi connectivity index (χ4n) is 3.04. The van der Waals surface area contributed by atoms with Crippen molar-refractivity contribution in [1.29, 1.82) is 0 Å². The Hall–Kier alpha value is -3.72. The van der Waals surface area contributed by atoms with Crippen molar-refractivity contribution >= 4 is 11.6 Å². The van der Waals surface area contributed by atoms with Gasteiger partial charge < -0.3 is 4.98 Å². The average molecular weight is 350 g/mol. The van der Waals surface area contributed by atoms with Crippen molar-refractivity contribution in [2.24, 2.45) is 0 Å². The van der Waals surface area contributed by atoms with Gasteiger partial charge in [-0.05, 0) is 28.8 Å². The smallest absolute Gasteiger partial charge is 0.306 e. The number of hydrogen-bond acceptors (Lipinski definition) is 2. The fourth-order valence-corrected chi connectivity index (χ4v) is 3.04. The van der Waals surface area contributed by atoms with E-state index in [9.17, 15) is 4.79 Å². The minimum Gasteiger partial charge on any atom is -0.306 e. The third kappa shape index (κ3) is 3.93. The molecule has 4 rings (SSSR count). The Morgan fingerprint density at radius 1 is 0.741 bits per heavy atom. The van der Waals surface area contributed by atoms with E-state index in [0.29, 0.717) is 5.69 Å². The lowest BCUT2D eigenvalue weighted by atomic mass is 9.96. The van der Waals surface area contributed by atoms with E-state index in [0.717, 1.165) is 28.0 Å². The summed E-state index contributed by atoms with van der Waals surface area (Å²) < 4.78 is 0. The highest BCUT2D eigenvalue weighted by molar-refractivity contribution is 5.91. The second-order valence-corrected chi connectivity index (χ2v) is 6.18. The normalized spacial score (nSPS) is 10.4. The van der Waals surface area contributed by atoms with E-state index in [1.165, 1.54) is 0 Å². The quantitative estimate of drug-likeness (QED) is 0.561. The van der Waals surface area contributed by atoms with Crippen molar-refractivity contribution < 1.29 is 0 Å². The lowest BCUT2D eigenvalue weighted by Gasteiger charge is -2.09. The summed E-state index contributed by atoms with van der Waals surface area (Å²) in [6.45, 7) is 0. The first-order valence-corrected chi connectivity index (χ1v) is 8.79. The Bertz CT molecular complexity index is 1070. The van der Waals surface area contributed by atoms with Crippen LogP contribution in [-0.2, 0) is 0 Å². The number of benzene rings is 3. The van der Waals surface area contributed by atoms with E-state index < -0.39 is 0 Å². The first kappa shape index (κ1) is 16.7. The third-order valence-corrected chi connectivity index (χ3v) is 4.30. The first-order valence-electron chi connectivity index (χ1n) is 8.79. The summed E-state index contributed by atoms with van der Waals surface area (Å²) in [6.07, 6.45) is 2.00. The van der Waals surface area contributed by atoms with Crippen LogP contribution >= 0.6 is 0 Å². The Labute approximate surface area is 157 Å². The maximum atomic E-state index is 12.1. The molecule has 0 spiro atoms. The number of aromatic amines is 1. The zero-order valence-corrected chi connectivity index (χ0v) is 14.7. The summed E-state index contributed by atoms with van der Waals surface area (Å²) in [5.74, 6) is 0. The third-order valence-electron chi connectivity index (χ3n) is 4.30. The Kier molecular flexibility index (Phi) is 4.75. The van der Waals surface area contributed by atoms with Crippen molar-refractivity contribution in [2.75, 3.05) is 0 Å². The van der Waals surface area contributed by atoms with Gasteiger partial charge in [-0.15, -0.1) is 0 Å². The molecule has 3 heteroatoms. The lowest BCUT2D eigenvalue weighted by molar-refractivity contribution is 1.07.